The number of likely N-dealkylation sites (tertiary alicyclic amines) is 1. The van der Waals surface area contributed by atoms with Crippen molar-refractivity contribution in [1.29, 1.82) is 0 Å². The van der Waals surface area contributed by atoms with Crippen LogP contribution in [-0.2, 0) is 14.6 Å². The number of carbonyl (C=O) groups is 1. The monoisotopic (exact) mass is 288 g/mol. The van der Waals surface area contributed by atoms with Gasteiger partial charge in [0.05, 0.1) is 11.8 Å². The molecule has 5 nitrogen and oxygen atoms in total. The third-order valence-corrected chi connectivity index (χ3v) is 5.87. The predicted octanol–water partition coefficient (Wildman–Crippen LogP) is 0.554. The molecule has 0 bridgehead atoms. The second-order valence-corrected chi connectivity index (χ2v) is 8.11. The summed E-state index contributed by atoms with van der Waals surface area (Å²) in [6.07, 6.45) is 6.82. The van der Waals surface area contributed by atoms with Crippen molar-refractivity contribution in [3.63, 3.8) is 0 Å². The second kappa shape index (κ2) is 6.22. The maximum atomic E-state index is 11.9. The lowest BCUT2D eigenvalue weighted by Crippen LogP contribution is -2.44. The highest BCUT2D eigenvalue weighted by Crippen LogP contribution is 2.23. The SMILES string of the molecule is CS(=O)(=O)C1CCCC(NCC(=O)N2CCCC2)C1. The molecule has 110 valence electrons. The van der Waals surface area contributed by atoms with Gasteiger partial charge < -0.3 is 10.2 Å². The number of amides is 1. The molecule has 0 aromatic carbocycles. The Morgan fingerprint density at radius 2 is 1.89 bits per heavy atom. The van der Waals surface area contributed by atoms with Gasteiger partial charge in [0.1, 0.15) is 9.84 Å². The Morgan fingerprint density at radius 1 is 1.21 bits per heavy atom. The number of carbonyl (C=O) groups excluding carboxylic acids is 1. The molecule has 19 heavy (non-hydrogen) atoms. The first-order valence-corrected chi connectivity index (χ1v) is 9.12. The second-order valence-electron chi connectivity index (χ2n) is 5.78. The van der Waals surface area contributed by atoms with Crippen molar-refractivity contribution < 1.29 is 13.2 Å². The fraction of sp³-hybridized carbons (Fsp3) is 0.923. The van der Waals surface area contributed by atoms with Crippen LogP contribution in [0.25, 0.3) is 0 Å². The van der Waals surface area contributed by atoms with E-state index in [0.29, 0.717) is 13.0 Å². The molecular formula is C13H24N2O3S. The van der Waals surface area contributed by atoms with Crippen LogP contribution in [-0.4, -0.2) is 56.4 Å². The largest absolute Gasteiger partial charge is 0.342 e. The molecule has 0 radical (unpaired) electrons. The highest BCUT2D eigenvalue weighted by molar-refractivity contribution is 7.91. The molecule has 2 aliphatic rings. The summed E-state index contributed by atoms with van der Waals surface area (Å²) in [7, 11) is -2.95. The molecule has 1 amide bonds. The lowest BCUT2D eigenvalue weighted by atomic mass is 9.95. The lowest BCUT2D eigenvalue weighted by Gasteiger charge is -2.29. The average Bonchev–Trinajstić information content (AvgIpc) is 2.89. The molecule has 2 rings (SSSR count). The zero-order valence-corrected chi connectivity index (χ0v) is 12.4. The molecule has 0 aromatic heterocycles. The maximum Gasteiger partial charge on any atom is 0.236 e. The van der Waals surface area contributed by atoms with Crippen molar-refractivity contribution in [2.75, 3.05) is 25.9 Å². The summed E-state index contributed by atoms with van der Waals surface area (Å²) in [4.78, 5) is 13.8. The van der Waals surface area contributed by atoms with E-state index in [1.807, 2.05) is 4.90 Å². The zero-order valence-electron chi connectivity index (χ0n) is 11.6. The molecule has 1 heterocycles. The molecule has 2 unspecified atom stereocenters. The third-order valence-electron chi connectivity index (χ3n) is 4.23. The molecule has 2 atom stereocenters. The minimum Gasteiger partial charge on any atom is -0.342 e. The van der Waals surface area contributed by atoms with Crippen molar-refractivity contribution in [3.8, 4) is 0 Å². The standard InChI is InChI=1S/C13H24N2O3S/c1-19(17,18)12-6-4-5-11(9-12)14-10-13(16)15-7-2-3-8-15/h11-12,14H,2-10H2,1H3. The summed E-state index contributed by atoms with van der Waals surface area (Å²) >= 11 is 0. The van der Waals surface area contributed by atoms with Crippen molar-refractivity contribution in [2.24, 2.45) is 0 Å². The maximum absolute atomic E-state index is 11.9. The van der Waals surface area contributed by atoms with E-state index in [1.165, 1.54) is 6.26 Å². The van der Waals surface area contributed by atoms with E-state index in [9.17, 15) is 13.2 Å². The van der Waals surface area contributed by atoms with Crippen LogP contribution in [0.3, 0.4) is 0 Å². The molecule has 2 fully saturated rings. The average molecular weight is 288 g/mol. The van der Waals surface area contributed by atoms with Crippen LogP contribution in [0.2, 0.25) is 0 Å². The summed E-state index contributed by atoms with van der Waals surface area (Å²) in [5, 5.41) is 3.01. The predicted molar refractivity (Wildman–Crippen MR) is 74.7 cm³/mol. The van der Waals surface area contributed by atoms with E-state index in [0.717, 1.165) is 45.2 Å². The van der Waals surface area contributed by atoms with Crippen LogP contribution in [0.4, 0.5) is 0 Å². The van der Waals surface area contributed by atoms with Crippen LogP contribution < -0.4 is 5.32 Å². The molecule has 1 saturated heterocycles. The number of nitrogens with one attached hydrogen (secondary N) is 1. The fourth-order valence-electron chi connectivity index (χ4n) is 3.03. The Balaban J connectivity index is 1.78. The van der Waals surface area contributed by atoms with E-state index >= 15 is 0 Å². The van der Waals surface area contributed by atoms with Gasteiger partial charge >= 0.3 is 0 Å². The van der Waals surface area contributed by atoms with E-state index in [2.05, 4.69) is 5.32 Å². The molecule has 6 heteroatoms. The van der Waals surface area contributed by atoms with Crippen LogP contribution in [0.5, 0.6) is 0 Å². The third kappa shape index (κ3) is 4.18. The Kier molecular flexibility index (Phi) is 4.84. The Hall–Kier alpha value is -0.620. The first-order valence-electron chi connectivity index (χ1n) is 7.17. The molecule has 1 saturated carbocycles. The van der Waals surface area contributed by atoms with Gasteiger partial charge in [0.2, 0.25) is 5.91 Å². The normalized spacial score (nSPS) is 28.6. The number of nitrogens with zero attached hydrogens (tertiary/aromatic N) is 1. The topological polar surface area (TPSA) is 66.5 Å². The van der Waals surface area contributed by atoms with Crippen LogP contribution in [0.1, 0.15) is 38.5 Å². The van der Waals surface area contributed by atoms with Gasteiger partial charge in [-0.1, -0.05) is 6.42 Å². The zero-order chi connectivity index (χ0) is 13.9. The van der Waals surface area contributed by atoms with Gasteiger partial charge in [-0.05, 0) is 32.1 Å². The van der Waals surface area contributed by atoms with Crippen LogP contribution >= 0.6 is 0 Å². The Bertz CT molecular complexity index is 416. The van der Waals surface area contributed by atoms with Gasteiger partial charge in [0.25, 0.3) is 0 Å². The highest BCUT2D eigenvalue weighted by Gasteiger charge is 2.29. The summed E-state index contributed by atoms with van der Waals surface area (Å²) in [6, 6.07) is 0.167. The summed E-state index contributed by atoms with van der Waals surface area (Å²) in [6.45, 7) is 2.09. The molecule has 0 spiro atoms. The first kappa shape index (κ1) is 14.8. The first-order chi connectivity index (χ1) is 8.97. The van der Waals surface area contributed by atoms with Gasteiger partial charge in [-0.25, -0.2) is 8.42 Å². The minimum atomic E-state index is -2.95. The van der Waals surface area contributed by atoms with Gasteiger partial charge in [-0.15, -0.1) is 0 Å². The van der Waals surface area contributed by atoms with Gasteiger partial charge in [-0.3, -0.25) is 4.79 Å². The summed E-state index contributed by atoms with van der Waals surface area (Å²) in [5.74, 6) is 0.152. The van der Waals surface area contributed by atoms with E-state index < -0.39 is 9.84 Å². The van der Waals surface area contributed by atoms with Crippen molar-refractivity contribution in [3.05, 3.63) is 0 Å². The minimum absolute atomic E-state index is 0.152. The highest BCUT2D eigenvalue weighted by atomic mass is 32.2. The molecule has 1 aliphatic heterocycles. The van der Waals surface area contributed by atoms with Gasteiger partial charge in [0.15, 0.2) is 0 Å². The fourth-order valence-corrected chi connectivity index (χ4v) is 4.21. The van der Waals surface area contributed by atoms with E-state index in [1.54, 1.807) is 0 Å². The van der Waals surface area contributed by atoms with Crippen LogP contribution in [0.15, 0.2) is 0 Å². The number of rotatable bonds is 4. The smallest absolute Gasteiger partial charge is 0.236 e. The van der Waals surface area contributed by atoms with Gasteiger partial charge in [0, 0.05) is 25.4 Å². The molecule has 1 N–H and O–H groups in total. The quantitative estimate of drug-likeness (QED) is 0.820. The van der Waals surface area contributed by atoms with Crippen molar-refractivity contribution in [2.45, 2.75) is 49.8 Å². The van der Waals surface area contributed by atoms with E-state index in [4.69, 9.17) is 0 Å². The van der Waals surface area contributed by atoms with Crippen LogP contribution in [0, 0.1) is 0 Å². The number of sulfone groups is 1. The number of hydrogen-bond acceptors (Lipinski definition) is 4. The summed E-state index contributed by atoms with van der Waals surface area (Å²) in [5.41, 5.74) is 0. The molecule has 0 aromatic rings. The lowest BCUT2D eigenvalue weighted by molar-refractivity contribution is -0.129. The van der Waals surface area contributed by atoms with Gasteiger partial charge in [-0.2, -0.15) is 0 Å². The Morgan fingerprint density at radius 3 is 2.53 bits per heavy atom. The number of hydrogen-bond donors (Lipinski definition) is 1. The molecular weight excluding hydrogens is 264 g/mol. The van der Waals surface area contributed by atoms with Crippen molar-refractivity contribution >= 4 is 15.7 Å². The summed E-state index contributed by atoms with van der Waals surface area (Å²) < 4.78 is 23.2. The van der Waals surface area contributed by atoms with Crippen molar-refractivity contribution in [1.82, 2.24) is 10.2 Å². The van der Waals surface area contributed by atoms with E-state index in [-0.39, 0.29) is 17.2 Å². The molecule has 1 aliphatic carbocycles. The Labute approximate surface area is 115 Å².